The Hall–Kier alpha value is -2.34. The number of imidazole rings is 1. The molecule has 128 valence electrons. The van der Waals surface area contributed by atoms with Gasteiger partial charge in [-0.1, -0.05) is 19.1 Å². The van der Waals surface area contributed by atoms with E-state index in [9.17, 15) is 4.79 Å². The normalized spacial score (nSPS) is 17.8. The molecule has 2 aromatic rings. The van der Waals surface area contributed by atoms with E-state index in [1.807, 2.05) is 46.9 Å². The highest BCUT2D eigenvalue weighted by Gasteiger charge is 2.28. The molecule has 24 heavy (non-hydrogen) atoms. The molecule has 3 rings (SSSR count). The maximum atomic E-state index is 12.9. The third-order valence-corrected chi connectivity index (χ3v) is 4.49. The highest BCUT2D eigenvalue weighted by atomic mass is 16.5. The van der Waals surface area contributed by atoms with Gasteiger partial charge in [0.15, 0.2) is 0 Å². The summed E-state index contributed by atoms with van der Waals surface area (Å²) in [6.45, 7) is 4.70. The molecule has 1 atom stereocenters. The first kappa shape index (κ1) is 16.5. The maximum Gasteiger partial charge on any atom is 0.243 e. The van der Waals surface area contributed by atoms with Gasteiger partial charge in [0.2, 0.25) is 5.91 Å². The molecule has 0 spiro atoms. The second-order valence-corrected chi connectivity index (χ2v) is 5.91. The van der Waals surface area contributed by atoms with Gasteiger partial charge in [-0.25, -0.2) is 4.98 Å². The number of benzene rings is 1. The number of nitrogens with zero attached hydrogens (tertiary/aromatic N) is 3. The Balaban J connectivity index is 1.77. The molecule has 1 aromatic carbocycles. The zero-order chi connectivity index (χ0) is 16.9. The van der Waals surface area contributed by atoms with E-state index in [4.69, 9.17) is 4.74 Å². The molecule has 0 radical (unpaired) electrons. The van der Waals surface area contributed by atoms with Gasteiger partial charge < -0.3 is 19.5 Å². The van der Waals surface area contributed by atoms with Crippen LogP contribution in [0.1, 0.15) is 24.4 Å². The predicted molar refractivity (Wildman–Crippen MR) is 91.9 cm³/mol. The van der Waals surface area contributed by atoms with Crippen molar-refractivity contribution in [1.82, 2.24) is 19.8 Å². The number of rotatable bonds is 5. The monoisotopic (exact) mass is 328 g/mol. The fourth-order valence-electron chi connectivity index (χ4n) is 3.16. The zero-order valence-electron chi connectivity index (χ0n) is 14.2. The second kappa shape index (κ2) is 7.49. The average Bonchev–Trinajstić information content (AvgIpc) is 3.09. The third-order valence-electron chi connectivity index (χ3n) is 4.49. The predicted octanol–water partition coefficient (Wildman–Crippen LogP) is 1.63. The van der Waals surface area contributed by atoms with Gasteiger partial charge in [-0.05, 0) is 17.7 Å². The smallest absolute Gasteiger partial charge is 0.243 e. The highest BCUT2D eigenvalue weighted by Crippen LogP contribution is 2.24. The van der Waals surface area contributed by atoms with Crippen molar-refractivity contribution < 1.29 is 9.53 Å². The largest absolute Gasteiger partial charge is 0.497 e. The van der Waals surface area contributed by atoms with E-state index in [1.165, 1.54) is 0 Å². The molecule has 1 aliphatic rings. The van der Waals surface area contributed by atoms with Crippen molar-refractivity contribution in [3.05, 3.63) is 48.0 Å². The summed E-state index contributed by atoms with van der Waals surface area (Å²) >= 11 is 0. The third kappa shape index (κ3) is 3.43. The molecule has 1 aliphatic heterocycles. The molecule has 6 nitrogen and oxygen atoms in total. The van der Waals surface area contributed by atoms with Gasteiger partial charge in [-0.15, -0.1) is 0 Å². The van der Waals surface area contributed by atoms with Crippen LogP contribution in [0.25, 0.3) is 0 Å². The fourth-order valence-corrected chi connectivity index (χ4v) is 3.16. The van der Waals surface area contributed by atoms with Crippen LogP contribution in [0.4, 0.5) is 0 Å². The van der Waals surface area contributed by atoms with Crippen LogP contribution < -0.4 is 10.1 Å². The van der Waals surface area contributed by atoms with E-state index in [0.717, 1.165) is 36.6 Å². The molecule has 0 unspecified atom stereocenters. The van der Waals surface area contributed by atoms with Crippen molar-refractivity contribution in [3.63, 3.8) is 0 Å². The van der Waals surface area contributed by atoms with Crippen LogP contribution in [0.5, 0.6) is 5.75 Å². The van der Waals surface area contributed by atoms with Crippen LogP contribution in [0.3, 0.4) is 0 Å². The van der Waals surface area contributed by atoms with Crippen LogP contribution in [0.2, 0.25) is 0 Å². The van der Waals surface area contributed by atoms with Crippen molar-refractivity contribution in [1.29, 1.82) is 0 Å². The Morgan fingerprint density at radius 1 is 1.38 bits per heavy atom. The van der Waals surface area contributed by atoms with Crippen LogP contribution >= 0.6 is 0 Å². The number of methoxy groups -OCH3 is 1. The summed E-state index contributed by atoms with van der Waals surface area (Å²) in [7, 11) is 1.66. The van der Waals surface area contributed by atoms with Gasteiger partial charge in [-0.3, -0.25) is 4.79 Å². The number of carbonyl (C=O) groups excluding carboxylic acids is 1. The quantitative estimate of drug-likeness (QED) is 0.906. The molecule has 6 heteroatoms. The summed E-state index contributed by atoms with van der Waals surface area (Å²) in [5.41, 5.74) is 1.12. The van der Waals surface area contributed by atoms with Gasteiger partial charge in [0.25, 0.3) is 0 Å². The lowest BCUT2D eigenvalue weighted by Crippen LogP contribution is -2.49. The Morgan fingerprint density at radius 2 is 2.17 bits per heavy atom. The molecule has 1 aromatic heterocycles. The minimum Gasteiger partial charge on any atom is -0.497 e. The minimum absolute atomic E-state index is 0.0470. The summed E-state index contributed by atoms with van der Waals surface area (Å²) in [4.78, 5) is 19.1. The molecule has 0 aliphatic carbocycles. The Kier molecular flexibility index (Phi) is 5.15. The molecule has 1 saturated heterocycles. The number of carbonyl (C=O) groups is 1. The highest BCUT2D eigenvalue weighted by molar-refractivity contribution is 5.77. The first-order valence-electron chi connectivity index (χ1n) is 8.37. The summed E-state index contributed by atoms with van der Waals surface area (Å²) in [5, 5.41) is 3.38. The van der Waals surface area contributed by atoms with Gasteiger partial charge in [0.1, 0.15) is 18.1 Å². The summed E-state index contributed by atoms with van der Waals surface area (Å²) in [5.74, 6) is 1.90. The van der Waals surface area contributed by atoms with Gasteiger partial charge in [0, 0.05) is 38.4 Å². The van der Waals surface area contributed by atoms with E-state index in [-0.39, 0.29) is 11.9 Å². The summed E-state index contributed by atoms with van der Waals surface area (Å²) in [6.07, 6.45) is 4.45. The van der Waals surface area contributed by atoms with E-state index >= 15 is 0 Å². The van der Waals surface area contributed by atoms with Crippen LogP contribution in [0, 0.1) is 0 Å². The topological polar surface area (TPSA) is 59.4 Å². The molecular weight excluding hydrogens is 304 g/mol. The SMILES string of the molecule is CCc1nccn1CC(=O)N1CCNC[C@H]1c1ccc(OC)cc1. The first-order chi connectivity index (χ1) is 11.7. The molecule has 1 fully saturated rings. The number of aromatic nitrogens is 2. The Morgan fingerprint density at radius 3 is 2.88 bits per heavy atom. The standard InChI is InChI=1S/C18H24N4O2/c1-3-17-20-9-10-21(17)13-18(23)22-11-8-19-12-16(22)14-4-6-15(24-2)7-5-14/h4-7,9-10,16,19H,3,8,11-13H2,1-2H3/t16-/m0/s1. The molecule has 1 N–H and O–H groups in total. The summed E-state index contributed by atoms with van der Waals surface area (Å²) in [6, 6.07) is 8.00. The van der Waals surface area contributed by atoms with Crippen molar-refractivity contribution in [2.75, 3.05) is 26.7 Å². The average molecular weight is 328 g/mol. The lowest BCUT2D eigenvalue weighted by molar-refractivity contribution is -0.135. The second-order valence-electron chi connectivity index (χ2n) is 5.91. The summed E-state index contributed by atoms with van der Waals surface area (Å²) < 4.78 is 7.16. The van der Waals surface area contributed by atoms with Crippen molar-refractivity contribution in [3.8, 4) is 5.75 Å². The number of ether oxygens (including phenoxy) is 1. The van der Waals surface area contributed by atoms with E-state index < -0.39 is 0 Å². The van der Waals surface area contributed by atoms with Crippen molar-refractivity contribution >= 4 is 5.91 Å². The van der Waals surface area contributed by atoms with Crippen LogP contribution in [-0.4, -0.2) is 47.1 Å². The number of aryl methyl sites for hydroxylation is 1. The fraction of sp³-hybridized carbons (Fsp3) is 0.444. The van der Waals surface area contributed by atoms with Gasteiger partial charge in [-0.2, -0.15) is 0 Å². The van der Waals surface area contributed by atoms with Crippen molar-refractivity contribution in [2.45, 2.75) is 25.9 Å². The first-order valence-corrected chi connectivity index (χ1v) is 8.37. The molecule has 1 amide bonds. The number of nitrogens with one attached hydrogen (secondary N) is 1. The molecular formula is C18H24N4O2. The molecule has 0 bridgehead atoms. The molecule has 0 saturated carbocycles. The van der Waals surface area contributed by atoms with E-state index in [0.29, 0.717) is 13.1 Å². The number of hydrogen-bond donors (Lipinski definition) is 1. The van der Waals surface area contributed by atoms with E-state index in [2.05, 4.69) is 10.3 Å². The number of amides is 1. The lowest BCUT2D eigenvalue weighted by atomic mass is 10.0. The van der Waals surface area contributed by atoms with E-state index in [1.54, 1.807) is 13.3 Å². The lowest BCUT2D eigenvalue weighted by Gasteiger charge is -2.36. The Bertz CT molecular complexity index is 681. The maximum absolute atomic E-state index is 12.9. The zero-order valence-corrected chi connectivity index (χ0v) is 14.2. The number of piperazine rings is 1. The number of hydrogen-bond acceptors (Lipinski definition) is 4. The molecule has 2 heterocycles. The minimum atomic E-state index is 0.0470. The Labute approximate surface area is 142 Å². The van der Waals surface area contributed by atoms with Crippen LogP contribution in [-0.2, 0) is 17.8 Å². The van der Waals surface area contributed by atoms with Gasteiger partial charge in [0.05, 0.1) is 13.2 Å². The van der Waals surface area contributed by atoms with Crippen LogP contribution in [0.15, 0.2) is 36.7 Å². The van der Waals surface area contributed by atoms with Gasteiger partial charge >= 0.3 is 0 Å². The van der Waals surface area contributed by atoms with Crippen molar-refractivity contribution in [2.24, 2.45) is 0 Å².